The molecule has 1 N–H and O–H groups in total. The topological polar surface area (TPSA) is 57.2 Å². The van der Waals surface area contributed by atoms with E-state index >= 15 is 0 Å². The van der Waals surface area contributed by atoms with Crippen molar-refractivity contribution in [2.24, 2.45) is 0 Å². The number of nitrogens with one attached hydrogen (secondary N) is 1. The summed E-state index contributed by atoms with van der Waals surface area (Å²) in [6.45, 7) is 13.6. The van der Waals surface area contributed by atoms with Gasteiger partial charge in [0, 0.05) is 7.05 Å². The van der Waals surface area contributed by atoms with E-state index in [1.54, 1.807) is 23.5 Å². The molecule has 0 amide bonds. The number of unbranched alkanes of at least 4 members (excludes halogenated alkanes) is 4. The van der Waals surface area contributed by atoms with Crippen molar-refractivity contribution in [2.45, 2.75) is 89.4 Å². The van der Waals surface area contributed by atoms with Gasteiger partial charge >= 0.3 is 0 Å². The lowest BCUT2D eigenvalue weighted by molar-refractivity contribution is 0.309. The molecule has 1 aromatic heterocycles. The Morgan fingerprint density at radius 3 is 1.30 bits per heavy atom. The van der Waals surface area contributed by atoms with Crippen LogP contribution in [0.15, 0.2) is 10.3 Å². The molecule has 0 saturated heterocycles. The van der Waals surface area contributed by atoms with Gasteiger partial charge in [-0.2, -0.15) is 15.0 Å². The van der Waals surface area contributed by atoms with Gasteiger partial charge in [-0.15, -0.1) is 0 Å². The maximum Gasteiger partial charge on any atom is 0.227 e. The number of hydrogen-bond acceptors (Lipinski definition) is 8. The Bertz CT molecular complexity index is 488. The molecule has 0 bridgehead atoms. The average Bonchev–Trinajstić information content (AvgIpc) is 2.77. The minimum absolute atomic E-state index is 0.664. The van der Waals surface area contributed by atoms with Crippen LogP contribution in [0, 0.1) is 0 Å². The van der Waals surface area contributed by atoms with Crippen LogP contribution in [0.2, 0.25) is 0 Å². The summed E-state index contributed by atoms with van der Waals surface area (Å²) in [5.74, 6) is 2.55. The van der Waals surface area contributed by atoms with Crippen LogP contribution in [0.1, 0.15) is 79.1 Å². The van der Waals surface area contributed by atoms with Crippen molar-refractivity contribution < 1.29 is 0 Å². The summed E-state index contributed by atoms with van der Waals surface area (Å²) in [4.78, 5) is 19.0. The van der Waals surface area contributed by atoms with Crippen LogP contribution >= 0.6 is 23.5 Å². The molecule has 0 aliphatic heterocycles. The van der Waals surface area contributed by atoms with Crippen molar-refractivity contribution in [2.75, 3.05) is 50.3 Å². The molecule has 174 valence electrons. The number of rotatable bonds is 19. The van der Waals surface area contributed by atoms with Gasteiger partial charge in [0.1, 0.15) is 0 Å². The molecule has 1 heterocycles. The Kier molecular flexibility index (Phi) is 16.5. The number of nitrogens with zero attached hydrogens (tertiary/aromatic N) is 5. The molecule has 0 aliphatic rings. The number of thioether (sulfide) groups is 2. The molecular weight excluding hydrogens is 412 g/mol. The molecule has 1 rings (SSSR count). The molecule has 0 aromatic carbocycles. The molecule has 0 aliphatic carbocycles. The first-order chi connectivity index (χ1) is 14.7. The smallest absolute Gasteiger partial charge is 0.227 e. The first kappa shape index (κ1) is 27.5. The summed E-state index contributed by atoms with van der Waals surface area (Å²) in [5, 5.41) is 4.75. The van der Waals surface area contributed by atoms with Gasteiger partial charge in [-0.1, -0.05) is 76.9 Å². The average molecular weight is 457 g/mol. The van der Waals surface area contributed by atoms with Crippen LogP contribution in [-0.4, -0.2) is 69.7 Å². The van der Waals surface area contributed by atoms with Crippen LogP contribution in [0.3, 0.4) is 0 Å². The minimum Gasteiger partial charge on any atom is -0.357 e. The van der Waals surface area contributed by atoms with Crippen molar-refractivity contribution in [1.82, 2.24) is 24.8 Å². The Balaban J connectivity index is 2.71. The highest BCUT2D eigenvalue weighted by molar-refractivity contribution is 7.99. The SMILES string of the molecule is CCCCN(CCCC)CSc1nc(NC)nc(SCN(CCCC)CCCC)n1. The molecule has 8 heteroatoms. The summed E-state index contributed by atoms with van der Waals surface area (Å²) in [6, 6.07) is 0. The molecule has 0 radical (unpaired) electrons. The Morgan fingerprint density at radius 2 is 1.00 bits per heavy atom. The Hall–Kier alpha value is -0.570. The predicted octanol–water partition coefficient (Wildman–Crippen LogP) is 5.82. The van der Waals surface area contributed by atoms with Crippen LogP contribution in [0.5, 0.6) is 0 Å². The van der Waals surface area contributed by atoms with E-state index in [0.717, 1.165) is 48.2 Å². The van der Waals surface area contributed by atoms with E-state index in [9.17, 15) is 0 Å². The molecule has 0 spiro atoms. The zero-order valence-electron chi connectivity index (χ0n) is 20.0. The van der Waals surface area contributed by atoms with Gasteiger partial charge in [-0.25, -0.2) is 0 Å². The highest BCUT2D eigenvalue weighted by Gasteiger charge is 2.12. The van der Waals surface area contributed by atoms with E-state index in [4.69, 9.17) is 4.98 Å². The lowest BCUT2D eigenvalue weighted by atomic mass is 10.3. The lowest BCUT2D eigenvalue weighted by Crippen LogP contribution is -2.26. The van der Waals surface area contributed by atoms with Gasteiger partial charge in [0.15, 0.2) is 10.3 Å². The van der Waals surface area contributed by atoms with E-state index in [1.165, 1.54) is 51.4 Å². The first-order valence-electron chi connectivity index (χ1n) is 11.8. The normalized spacial score (nSPS) is 11.6. The minimum atomic E-state index is 0.664. The van der Waals surface area contributed by atoms with Crippen molar-refractivity contribution in [3.8, 4) is 0 Å². The van der Waals surface area contributed by atoms with Gasteiger partial charge < -0.3 is 5.32 Å². The van der Waals surface area contributed by atoms with Gasteiger partial charge in [0.05, 0.1) is 11.8 Å². The second-order valence-electron chi connectivity index (χ2n) is 7.67. The van der Waals surface area contributed by atoms with Crippen molar-refractivity contribution in [1.29, 1.82) is 0 Å². The maximum absolute atomic E-state index is 4.76. The van der Waals surface area contributed by atoms with Crippen LogP contribution in [0.4, 0.5) is 5.95 Å². The molecule has 0 fully saturated rings. The Morgan fingerprint density at radius 1 is 0.633 bits per heavy atom. The fourth-order valence-electron chi connectivity index (χ4n) is 2.89. The predicted molar refractivity (Wildman–Crippen MR) is 134 cm³/mol. The Labute approximate surface area is 193 Å². The molecule has 6 nitrogen and oxygen atoms in total. The van der Waals surface area contributed by atoms with Gasteiger partial charge in [-0.05, 0) is 51.9 Å². The van der Waals surface area contributed by atoms with E-state index in [2.05, 4.69) is 52.8 Å². The van der Waals surface area contributed by atoms with Gasteiger partial charge in [0.25, 0.3) is 0 Å². The zero-order chi connectivity index (χ0) is 22.0. The highest BCUT2D eigenvalue weighted by Crippen LogP contribution is 2.22. The van der Waals surface area contributed by atoms with Crippen molar-refractivity contribution >= 4 is 29.5 Å². The van der Waals surface area contributed by atoms with Crippen LogP contribution < -0.4 is 5.32 Å². The summed E-state index contributed by atoms with van der Waals surface area (Å²) >= 11 is 3.46. The molecule has 30 heavy (non-hydrogen) atoms. The standard InChI is InChI=1S/C22H44N6S2/c1-6-10-14-27(15-11-7-2)18-29-21-24-20(23-5)25-22(26-21)30-19-28(16-12-8-3)17-13-9-4/h6-19H2,1-5H3,(H,23,24,25,26). The van der Waals surface area contributed by atoms with Gasteiger partial charge in [0.2, 0.25) is 5.95 Å². The maximum atomic E-state index is 4.76. The van der Waals surface area contributed by atoms with E-state index in [1.807, 2.05) is 7.05 Å². The highest BCUT2D eigenvalue weighted by atomic mass is 32.2. The monoisotopic (exact) mass is 456 g/mol. The fraction of sp³-hybridized carbons (Fsp3) is 0.864. The van der Waals surface area contributed by atoms with Crippen LogP contribution in [-0.2, 0) is 0 Å². The second-order valence-corrected chi connectivity index (χ2v) is 9.50. The lowest BCUT2D eigenvalue weighted by Gasteiger charge is -2.21. The summed E-state index contributed by atoms with van der Waals surface area (Å²) in [5.41, 5.74) is 0. The molecule has 0 atom stereocenters. The molecule has 0 saturated carbocycles. The third-order valence-electron chi connectivity index (χ3n) is 4.88. The number of anilines is 1. The number of hydrogen-bond donors (Lipinski definition) is 1. The quantitative estimate of drug-likeness (QED) is 0.206. The van der Waals surface area contributed by atoms with Crippen LogP contribution in [0.25, 0.3) is 0 Å². The first-order valence-corrected chi connectivity index (χ1v) is 13.8. The van der Waals surface area contributed by atoms with Crippen molar-refractivity contribution in [3.63, 3.8) is 0 Å². The largest absolute Gasteiger partial charge is 0.357 e. The number of aromatic nitrogens is 3. The van der Waals surface area contributed by atoms with E-state index < -0.39 is 0 Å². The fourth-order valence-corrected chi connectivity index (χ4v) is 4.66. The third kappa shape index (κ3) is 12.3. The summed E-state index contributed by atoms with van der Waals surface area (Å²) in [7, 11) is 1.88. The van der Waals surface area contributed by atoms with Gasteiger partial charge in [-0.3, -0.25) is 9.80 Å². The molecule has 0 unspecified atom stereocenters. The van der Waals surface area contributed by atoms with E-state index in [-0.39, 0.29) is 0 Å². The van der Waals surface area contributed by atoms with Crippen molar-refractivity contribution in [3.05, 3.63) is 0 Å². The molecule has 1 aromatic rings. The summed E-state index contributed by atoms with van der Waals surface area (Å²) in [6.07, 6.45) is 9.91. The molecular formula is C22H44N6S2. The second kappa shape index (κ2) is 18.0. The summed E-state index contributed by atoms with van der Waals surface area (Å²) < 4.78 is 0. The van der Waals surface area contributed by atoms with E-state index in [0.29, 0.717) is 5.95 Å². The zero-order valence-corrected chi connectivity index (χ0v) is 21.6. The third-order valence-corrected chi connectivity index (χ3v) is 6.75.